The molecule has 0 radical (unpaired) electrons. The van der Waals surface area contributed by atoms with Gasteiger partial charge in [0.25, 0.3) is 0 Å². The van der Waals surface area contributed by atoms with E-state index < -0.39 is 5.82 Å². The van der Waals surface area contributed by atoms with Crippen molar-refractivity contribution in [2.45, 2.75) is 19.2 Å². The van der Waals surface area contributed by atoms with Crippen LogP contribution in [0.15, 0.2) is 36.4 Å². The molecule has 0 saturated heterocycles. The van der Waals surface area contributed by atoms with Gasteiger partial charge in [-0.15, -0.1) is 11.6 Å². The monoisotopic (exact) mass is 322 g/mol. The SMILES string of the molecule is Cc1cccc2nc(C(C)Cl)n(-c3ccc(F)c(Cl)c3)c12. The number of hydrogen-bond donors (Lipinski definition) is 0. The molecule has 0 amide bonds. The lowest BCUT2D eigenvalue weighted by Crippen LogP contribution is -2.03. The van der Waals surface area contributed by atoms with Gasteiger partial charge >= 0.3 is 0 Å². The molecule has 2 nitrogen and oxygen atoms in total. The van der Waals surface area contributed by atoms with Crippen molar-refractivity contribution in [3.05, 3.63) is 58.6 Å². The minimum Gasteiger partial charge on any atom is -0.295 e. The average molecular weight is 323 g/mol. The fraction of sp³-hybridized carbons (Fsp3) is 0.188. The van der Waals surface area contributed by atoms with Crippen LogP contribution < -0.4 is 0 Å². The van der Waals surface area contributed by atoms with Crippen molar-refractivity contribution in [2.24, 2.45) is 0 Å². The molecule has 0 fully saturated rings. The number of imidazole rings is 1. The third-order valence-electron chi connectivity index (χ3n) is 3.42. The molecule has 3 rings (SSSR count). The highest BCUT2D eigenvalue weighted by molar-refractivity contribution is 6.30. The standard InChI is InChI=1S/C16H13Cl2FN2/c1-9-4-3-5-14-15(9)21(16(20-14)10(2)17)11-6-7-13(19)12(18)8-11/h3-8,10H,1-2H3. The maximum absolute atomic E-state index is 13.4. The number of nitrogens with zero attached hydrogens (tertiary/aromatic N) is 2. The fourth-order valence-corrected chi connectivity index (χ4v) is 2.79. The molecule has 108 valence electrons. The van der Waals surface area contributed by atoms with Gasteiger partial charge in [-0.1, -0.05) is 23.7 Å². The summed E-state index contributed by atoms with van der Waals surface area (Å²) in [7, 11) is 0. The highest BCUT2D eigenvalue weighted by Gasteiger charge is 2.18. The molecular weight excluding hydrogens is 310 g/mol. The van der Waals surface area contributed by atoms with Crippen LogP contribution in [0, 0.1) is 12.7 Å². The van der Waals surface area contributed by atoms with Crippen LogP contribution in [0.4, 0.5) is 4.39 Å². The Morgan fingerprint density at radius 1 is 1.24 bits per heavy atom. The second-order valence-electron chi connectivity index (χ2n) is 4.96. The third-order valence-corrected chi connectivity index (χ3v) is 3.91. The average Bonchev–Trinajstić information content (AvgIpc) is 2.83. The van der Waals surface area contributed by atoms with Gasteiger partial charge in [-0.25, -0.2) is 9.37 Å². The molecule has 0 N–H and O–H groups in total. The van der Waals surface area contributed by atoms with E-state index in [9.17, 15) is 4.39 Å². The lowest BCUT2D eigenvalue weighted by molar-refractivity contribution is 0.627. The second-order valence-corrected chi connectivity index (χ2v) is 6.02. The van der Waals surface area contributed by atoms with Crippen molar-refractivity contribution in [3.63, 3.8) is 0 Å². The van der Waals surface area contributed by atoms with Crippen molar-refractivity contribution in [3.8, 4) is 5.69 Å². The summed E-state index contributed by atoms with van der Waals surface area (Å²) in [6, 6.07) is 10.5. The zero-order valence-electron chi connectivity index (χ0n) is 11.6. The van der Waals surface area contributed by atoms with Crippen molar-refractivity contribution >= 4 is 34.2 Å². The van der Waals surface area contributed by atoms with Gasteiger partial charge in [0.05, 0.1) is 21.4 Å². The van der Waals surface area contributed by atoms with Gasteiger partial charge < -0.3 is 0 Å². The van der Waals surface area contributed by atoms with E-state index >= 15 is 0 Å². The maximum Gasteiger partial charge on any atom is 0.141 e. The quantitative estimate of drug-likeness (QED) is 0.575. The van der Waals surface area contributed by atoms with Crippen molar-refractivity contribution in [1.29, 1.82) is 0 Å². The highest BCUT2D eigenvalue weighted by Crippen LogP contribution is 2.31. The predicted octanol–water partition coefficient (Wildman–Crippen LogP) is 5.43. The summed E-state index contributed by atoms with van der Waals surface area (Å²) in [5, 5.41) is -0.197. The molecule has 21 heavy (non-hydrogen) atoms. The van der Waals surface area contributed by atoms with Crippen LogP contribution in [-0.4, -0.2) is 9.55 Å². The van der Waals surface area contributed by atoms with E-state index in [-0.39, 0.29) is 10.4 Å². The van der Waals surface area contributed by atoms with Crippen LogP contribution >= 0.6 is 23.2 Å². The summed E-state index contributed by atoms with van der Waals surface area (Å²) in [6.45, 7) is 3.87. The smallest absolute Gasteiger partial charge is 0.141 e. The van der Waals surface area contributed by atoms with E-state index in [1.54, 1.807) is 12.1 Å². The Balaban J connectivity index is 2.38. The van der Waals surface area contributed by atoms with Crippen LogP contribution in [0.5, 0.6) is 0 Å². The topological polar surface area (TPSA) is 17.8 Å². The molecule has 5 heteroatoms. The number of para-hydroxylation sites is 1. The van der Waals surface area contributed by atoms with Crippen molar-refractivity contribution < 1.29 is 4.39 Å². The van der Waals surface area contributed by atoms with Crippen LogP contribution in [0.3, 0.4) is 0 Å². The Labute approximate surface area is 132 Å². The molecule has 1 unspecified atom stereocenters. The summed E-state index contributed by atoms with van der Waals surface area (Å²) in [5.41, 5.74) is 3.64. The minimum atomic E-state index is -0.443. The summed E-state index contributed by atoms with van der Waals surface area (Å²) in [5.74, 6) is 0.269. The molecule has 0 aliphatic carbocycles. The lowest BCUT2D eigenvalue weighted by atomic mass is 10.2. The Kier molecular flexibility index (Phi) is 3.64. The molecule has 0 aliphatic rings. The van der Waals surface area contributed by atoms with E-state index in [1.165, 1.54) is 6.07 Å². The van der Waals surface area contributed by atoms with Crippen molar-refractivity contribution in [2.75, 3.05) is 0 Å². The molecule has 0 bridgehead atoms. The molecule has 2 aromatic carbocycles. The first-order chi connectivity index (χ1) is 9.99. The number of alkyl halides is 1. The summed E-state index contributed by atoms with van der Waals surface area (Å²) >= 11 is 12.2. The Bertz CT molecular complexity index is 825. The highest BCUT2D eigenvalue weighted by atomic mass is 35.5. The van der Waals surface area contributed by atoms with Crippen LogP contribution in [0.25, 0.3) is 16.7 Å². The Hall–Kier alpha value is -1.58. The van der Waals surface area contributed by atoms with Gasteiger partial charge in [0.15, 0.2) is 0 Å². The Morgan fingerprint density at radius 3 is 2.67 bits per heavy atom. The third kappa shape index (κ3) is 2.41. The summed E-state index contributed by atoms with van der Waals surface area (Å²) in [6.07, 6.45) is 0. The molecule has 1 aromatic heterocycles. The van der Waals surface area contributed by atoms with Gasteiger partial charge in [-0.3, -0.25) is 4.57 Å². The zero-order valence-corrected chi connectivity index (χ0v) is 13.1. The maximum atomic E-state index is 13.4. The first kappa shape index (κ1) is 14.4. The molecule has 1 atom stereocenters. The summed E-state index contributed by atoms with van der Waals surface area (Å²) < 4.78 is 15.3. The second kappa shape index (κ2) is 5.32. The fourth-order valence-electron chi connectivity index (χ4n) is 2.46. The molecule has 0 spiro atoms. The lowest BCUT2D eigenvalue weighted by Gasteiger charge is -2.12. The van der Waals surface area contributed by atoms with Crippen LogP contribution in [0.1, 0.15) is 23.7 Å². The molecular formula is C16H13Cl2FN2. The number of fused-ring (bicyclic) bond motifs is 1. The number of hydrogen-bond acceptors (Lipinski definition) is 1. The van der Waals surface area contributed by atoms with Gasteiger partial charge in [0, 0.05) is 5.69 Å². The normalized spacial score (nSPS) is 12.8. The first-order valence-corrected chi connectivity index (χ1v) is 7.38. The predicted molar refractivity (Wildman–Crippen MR) is 85.0 cm³/mol. The van der Waals surface area contributed by atoms with Gasteiger partial charge in [-0.2, -0.15) is 0 Å². The van der Waals surface area contributed by atoms with E-state index in [0.29, 0.717) is 5.82 Å². The van der Waals surface area contributed by atoms with Gasteiger partial charge in [0.2, 0.25) is 0 Å². The van der Waals surface area contributed by atoms with Crippen LogP contribution in [-0.2, 0) is 0 Å². The number of benzene rings is 2. The molecule has 3 aromatic rings. The molecule has 1 heterocycles. The van der Waals surface area contributed by atoms with Crippen molar-refractivity contribution in [1.82, 2.24) is 9.55 Å². The minimum absolute atomic E-state index is 0.0797. The largest absolute Gasteiger partial charge is 0.295 e. The molecule has 0 saturated carbocycles. The van der Waals surface area contributed by atoms with Crippen LogP contribution in [0.2, 0.25) is 5.02 Å². The number of halogens is 3. The van der Waals surface area contributed by atoms with Gasteiger partial charge in [-0.05, 0) is 43.7 Å². The Morgan fingerprint density at radius 2 is 2.00 bits per heavy atom. The van der Waals surface area contributed by atoms with E-state index in [4.69, 9.17) is 23.2 Å². The summed E-state index contributed by atoms with van der Waals surface area (Å²) in [4.78, 5) is 4.60. The zero-order chi connectivity index (χ0) is 15.1. The molecule has 0 aliphatic heterocycles. The van der Waals surface area contributed by atoms with E-state index in [1.807, 2.05) is 36.6 Å². The number of aromatic nitrogens is 2. The first-order valence-electron chi connectivity index (χ1n) is 6.56. The van der Waals surface area contributed by atoms with E-state index in [0.717, 1.165) is 22.3 Å². The van der Waals surface area contributed by atoms with E-state index in [2.05, 4.69) is 4.98 Å². The number of rotatable bonds is 2. The van der Waals surface area contributed by atoms with Gasteiger partial charge in [0.1, 0.15) is 11.6 Å². The number of aryl methyl sites for hydroxylation is 1.